The molecule has 0 bridgehead atoms. The quantitative estimate of drug-likeness (QED) is 0.726. The summed E-state index contributed by atoms with van der Waals surface area (Å²) in [5, 5.41) is 9.14. The summed E-state index contributed by atoms with van der Waals surface area (Å²) in [5.41, 5.74) is 5.50. The number of rotatable bonds is 4. The van der Waals surface area contributed by atoms with Crippen LogP contribution >= 0.6 is 0 Å². The van der Waals surface area contributed by atoms with Gasteiger partial charge in [0.1, 0.15) is 0 Å². The molecule has 0 aromatic carbocycles. The number of nitrogens with zero attached hydrogens (tertiary/aromatic N) is 1. The van der Waals surface area contributed by atoms with Crippen LogP contribution in [-0.4, -0.2) is 42.2 Å². The van der Waals surface area contributed by atoms with Crippen molar-refractivity contribution in [3.63, 3.8) is 0 Å². The molecule has 1 unspecified atom stereocenters. The van der Waals surface area contributed by atoms with Crippen molar-refractivity contribution in [1.82, 2.24) is 4.90 Å². The molecule has 17 heavy (non-hydrogen) atoms. The summed E-state index contributed by atoms with van der Waals surface area (Å²) in [4.78, 5) is 14.2. The summed E-state index contributed by atoms with van der Waals surface area (Å²) in [6.07, 6.45) is 6.37. The highest BCUT2D eigenvalue weighted by Gasteiger charge is 2.39. The van der Waals surface area contributed by atoms with Crippen molar-refractivity contribution in [2.24, 2.45) is 11.1 Å². The Morgan fingerprint density at radius 2 is 1.88 bits per heavy atom. The Bertz CT molecular complexity index is 248. The lowest BCUT2D eigenvalue weighted by Crippen LogP contribution is -2.50. The summed E-state index contributed by atoms with van der Waals surface area (Å²) in [6, 6.07) is -0.130. The van der Waals surface area contributed by atoms with Gasteiger partial charge >= 0.3 is 0 Å². The Labute approximate surface area is 104 Å². The third kappa shape index (κ3) is 3.19. The van der Waals surface area contributed by atoms with Gasteiger partial charge in [-0.1, -0.05) is 25.7 Å². The predicted octanol–water partition coefficient (Wildman–Crippen LogP) is 1.12. The molecule has 1 amide bonds. The molecular weight excluding hydrogens is 216 g/mol. The Morgan fingerprint density at radius 3 is 2.29 bits per heavy atom. The zero-order valence-corrected chi connectivity index (χ0v) is 11.1. The fraction of sp³-hybridized carbons (Fsp3) is 0.923. The van der Waals surface area contributed by atoms with Crippen molar-refractivity contribution in [1.29, 1.82) is 0 Å². The first-order valence-corrected chi connectivity index (χ1v) is 6.65. The lowest BCUT2D eigenvalue weighted by atomic mass is 9.79. The zero-order chi connectivity index (χ0) is 12.9. The summed E-state index contributed by atoms with van der Waals surface area (Å²) in [7, 11) is 1.77. The number of amides is 1. The first-order valence-electron chi connectivity index (χ1n) is 6.65. The van der Waals surface area contributed by atoms with E-state index in [2.05, 4.69) is 0 Å². The average Bonchev–Trinajstić information content (AvgIpc) is 2.62. The summed E-state index contributed by atoms with van der Waals surface area (Å²) in [6.45, 7) is 2.29. The maximum absolute atomic E-state index is 12.5. The standard InChI is InChI=1S/C13H26N2O2/c1-11(9-16)15(2)12(17)13(10-14)7-5-3-4-6-8-13/h11,16H,3-10,14H2,1-2H3. The van der Waals surface area contributed by atoms with E-state index < -0.39 is 0 Å². The molecule has 0 radical (unpaired) electrons. The second-order valence-electron chi connectivity index (χ2n) is 5.35. The predicted molar refractivity (Wildman–Crippen MR) is 68.5 cm³/mol. The number of carbonyl (C=O) groups is 1. The minimum atomic E-state index is -0.380. The van der Waals surface area contributed by atoms with E-state index in [0.717, 1.165) is 25.7 Å². The number of aliphatic hydroxyl groups excluding tert-OH is 1. The van der Waals surface area contributed by atoms with Crippen LogP contribution in [-0.2, 0) is 4.79 Å². The number of carbonyl (C=O) groups excluding carboxylic acids is 1. The fourth-order valence-electron chi connectivity index (χ4n) is 2.61. The van der Waals surface area contributed by atoms with Crippen LogP contribution in [0.4, 0.5) is 0 Å². The smallest absolute Gasteiger partial charge is 0.230 e. The van der Waals surface area contributed by atoms with Gasteiger partial charge in [0.15, 0.2) is 0 Å². The summed E-state index contributed by atoms with van der Waals surface area (Å²) >= 11 is 0. The molecule has 3 N–H and O–H groups in total. The number of nitrogens with two attached hydrogens (primary N) is 1. The van der Waals surface area contributed by atoms with Crippen LogP contribution in [0.5, 0.6) is 0 Å². The van der Waals surface area contributed by atoms with Crippen molar-refractivity contribution in [3.8, 4) is 0 Å². The first kappa shape index (κ1) is 14.5. The highest BCUT2D eigenvalue weighted by molar-refractivity contribution is 5.83. The van der Waals surface area contributed by atoms with Crippen LogP contribution in [0.1, 0.15) is 45.4 Å². The van der Waals surface area contributed by atoms with Gasteiger partial charge in [0.25, 0.3) is 0 Å². The molecule has 4 nitrogen and oxygen atoms in total. The third-order valence-corrected chi connectivity index (χ3v) is 4.15. The highest BCUT2D eigenvalue weighted by atomic mass is 16.3. The second-order valence-corrected chi connectivity index (χ2v) is 5.35. The van der Waals surface area contributed by atoms with Gasteiger partial charge in [0.2, 0.25) is 5.91 Å². The van der Waals surface area contributed by atoms with Gasteiger partial charge in [-0.2, -0.15) is 0 Å². The largest absolute Gasteiger partial charge is 0.394 e. The Morgan fingerprint density at radius 1 is 1.35 bits per heavy atom. The van der Waals surface area contributed by atoms with Crippen molar-refractivity contribution < 1.29 is 9.90 Å². The lowest BCUT2D eigenvalue weighted by Gasteiger charge is -2.36. The fourth-order valence-corrected chi connectivity index (χ4v) is 2.61. The molecule has 0 aliphatic heterocycles. The Kier molecular flexibility index (Phi) is 5.40. The van der Waals surface area contributed by atoms with E-state index in [0.29, 0.717) is 6.54 Å². The van der Waals surface area contributed by atoms with Crippen LogP contribution in [0.2, 0.25) is 0 Å². The van der Waals surface area contributed by atoms with E-state index in [4.69, 9.17) is 10.8 Å². The molecule has 4 heteroatoms. The molecule has 1 aliphatic carbocycles. The van der Waals surface area contributed by atoms with Crippen LogP contribution in [0.3, 0.4) is 0 Å². The summed E-state index contributed by atoms with van der Waals surface area (Å²) < 4.78 is 0. The molecule has 1 fully saturated rings. The van der Waals surface area contributed by atoms with Gasteiger partial charge in [-0.3, -0.25) is 4.79 Å². The second kappa shape index (κ2) is 6.36. The number of aliphatic hydroxyl groups is 1. The maximum atomic E-state index is 12.5. The van der Waals surface area contributed by atoms with Crippen molar-refractivity contribution in [2.45, 2.75) is 51.5 Å². The van der Waals surface area contributed by atoms with E-state index in [1.807, 2.05) is 6.92 Å². The van der Waals surface area contributed by atoms with Gasteiger partial charge in [-0.15, -0.1) is 0 Å². The molecule has 100 valence electrons. The lowest BCUT2D eigenvalue weighted by molar-refractivity contribution is -0.143. The zero-order valence-electron chi connectivity index (χ0n) is 11.1. The highest BCUT2D eigenvalue weighted by Crippen LogP contribution is 2.36. The number of likely N-dealkylation sites (N-methyl/N-ethyl adjacent to an activating group) is 1. The minimum absolute atomic E-state index is 0.00287. The molecule has 0 aromatic heterocycles. The monoisotopic (exact) mass is 242 g/mol. The van der Waals surface area contributed by atoms with Gasteiger partial charge in [-0.25, -0.2) is 0 Å². The number of hydrogen-bond donors (Lipinski definition) is 2. The normalized spacial score (nSPS) is 21.6. The van der Waals surface area contributed by atoms with Gasteiger partial charge < -0.3 is 15.7 Å². The molecule has 1 rings (SSSR count). The maximum Gasteiger partial charge on any atom is 0.230 e. The average molecular weight is 242 g/mol. The van der Waals surface area contributed by atoms with Crippen molar-refractivity contribution >= 4 is 5.91 Å². The van der Waals surface area contributed by atoms with Crippen molar-refractivity contribution in [2.75, 3.05) is 20.2 Å². The Balaban J connectivity index is 2.80. The Hall–Kier alpha value is -0.610. The topological polar surface area (TPSA) is 66.6 Å². The third-order valence-electron chi connectivity index (χ3n) is 4.15. The molecule has 0 heterocycles. The van der Waals surface area contributed by atoms with E-state index in [-0.39, 0.29) is 24.0 Å². The van der Waals surface area contributed by atoms with Crippen LogP contribution in [0.25, 0.3) is 0 Å². The van der Waals surface area contributed by atoms with Gasteiger partial charge in [0, 0.05) is 13.6 Å². The van der Waals surface area contributed by atoms with Crippen LogP contribution < -0.4 is 5.73 Å². The van der Waals surface area contributed by atoms with E-state index in [9.17, 15) is 4.79 Å². The van der Waals surface area contributed by atoms with E-state index in [1.165, 1.54) is 12.8 Å². The number of hydrogen-bond acceptors (Lipinski definition) is 3. The molecule has 1 aliphatic rings. The molecule has 0 aromatic rings. The molecule has 1 saturated carbocycles. The molecule has 0 saturated heterocycles. The molecular formula is C13H26N2O2. The van der Waals surface area contributed by atoms with Crippen LogP contribution in [0, 0.1) is 5.41 Å². The van der Waals surface area contributed by atoms with Crippen molar-refractivity contribution in [3.05, 3.63) is 0 Å². The molecule has 1 atom stereocenters. The van der Waals surface area contributed by atoms with Gasteiger partial charge in [0.05, 0.1) is 18.1 Å². The molecule has 0 spiro atoms. The van der Waals surface area contributed by atoms with Gasteiger partial charge in [-0.05, 0) is 19.8 Å². The SMILES string of the molecule is CC(CO)N(C)C(=O)C1(CN)CCCCCC1. The van der Waals surface area contributed by atoms with E-state index in [1.54, 1.807) is 11.9 Å². The van der Waals surface area contributed by atoms with E-state index >= 15 is 0 Å². The minimum Gasteiger partial charge on any atom is -0.394 e. The summed E-state index contributed by atoms with van der Waals surface area (Å²) in [5.74, 6) is 0.114. The first-order chi connectivity index (χ1) is 8.07. The van der Waals surface area contributed by atoms with Crippen LogP contribution in [0.15, 0.2) is 0 Å².